The topological polar surface area (TPSA) is 0 Å². The van der Waals surface area contributed by atoms with E-state index in [-0.39, 0.29) is 0 Å². The number of halogens is 1. The summed E-state index contributed by atoms with van der Waals surface area (Å²) in [5.74, 6) is 1.95. The van der Waals surface area contributed by atoms with E-state index in [1.54, 1.807) is 6.08 Å². The number of benzene rings is 1. The van der Waals surface area contributed by atoms with Gasteiger partial charge in [-0.25, -0.2) is 4.39 Å². The number of hydrogen-bond acceptors (Lipinski definition) is 0. The van der Waals surface area contributed by atoms with Crippen molar-refractivity contribution in [3.8, 4) is 0 Å². The third kappa shape index (κ3) is 5.65. The minimum Gasteiger partial charge on any atom is -0.216 e. The summed E-state index contributed by atoms with van der Waals surface area (Å²) >= 11 is 0. The van der Waals surface area contributed by atoms with Gasteiger partial charge in [0.15, 0.2) is 0 Å². The standard InChI is InChI=1S/C20H29F/c1-2-17-6-8-19(9-7-17)14-15-20-12-10-18(11-13-20)5-3-4-16-21/h4,10-13,16-17,19H,2-3,5-9,14-15H2,1H3/b16-4+. The summed E-state index contributed by atoms with van der Waals surface area (Å²) in [6.45, 7) is 2.33. The van der Waals surface area contributed by atoms with Crippen LogP contribution in [0.3, 0.4) is 0 Å². The largest absolute Gasteiger partial charge is 0.216 e. The summed E-state index contributed by atoms with van der Waals surface area (Å²) in [6, 6.07) is 8.92. The van der Waals surface area contributed by atoms with Gasteiger partial charge in [0.2, 0.25) is 0 Å². The smallest absolute Gasteiger partial charge is 0.0827 e. The van der Waals surface area contributed by atoms with E-state index in [9.17, 15) is 4.39 Å². The van der Waals surface area contributed by atoms with Crippen molar-refractivity contribution in [2.75, 3.05) is 0 Å². The molecule has 116 valence electrons. The predicted octanol–water partition coefficient (Wildman–Crippen LogP) is 6.25. The normalized spacial score (nSPS) is 22.8. The molecule has 1 saturated carbocycles. The van der Waals surface area contributed by atoms with E-state index < -0.39 is 0 Å². The van der Waals surface area contributed by atoms with Gasteiger partial charge in [-0.15, -0.1) is 0 Å². The molecule has 1 aliphatic carbocycles. The highest BCUT2D eigenvalue weighted by Crippen LogP contribution is 2.33. The van der Waals surface area contributed by atoms with Crippen LogP contribution in [0.25, 0.3) is 0 Å². The molecular weight excluding hydrogens is 259 g/mol. The van der Waals surface area contributed by atoms with Gasteiger partial charge in [-0.1, -0.05) is 69.4 Å². The van der Waals surface area contributed by atoms with Crippen molar-refractivity contribution in [2.45, 2.75) is 64.7 Å². The fourth-order valence-electron chi connectivity index (χ4n) is 3.48. The van der Waals surface area contributed by atoms with Crippen molar-refractivity contribution in [2.24, 2.45) is 11.8 Å². The molecule has 0 nitrogen and oxygen atoms in total. The van der Waals surface area contributed by atoms with Gasteiger partial charge in [-0.3, -0.25) is 0 Å². The molecule has 0 aliphatic heterocycles. The van der Waals surface area contributed by atoms with E-state index in [2.05, 4.69) is 31.2 Å². The summed E-state index contributed by atoms with van der Waals surface area (Å²) in [4.78, 5) is 0. The van der Waals surface area contributed by atoms with E-state index in [4.69, 9.17) is 0 Å². The third-order valence-electron chi connectivity index (χ3n) is 5.10. The molecule has 0 spiro atoms. The summed E-state index contributed by atoms with van der Waals surface area (Å²) in [7, 11) is 0. The van der Waals surface area contributed by atoms with Crippen LogP contribution in [0, 0.1) is 11.8 Å². The van der Waals surface area contributed by atoms with E-state index >= 15 is 0 Å². The highest BCUT2D eigenvalue weighted by molar-refractivity contribution is 5.23. The first-order chi connectivity index (χ1) is 10.3. The first-order valence-corrected chi connectivity index (χ1v) is 8.64. The minimum absolute atomic E-state index is 0.641. The molecule has 0 amide bonds. The van der Waals surface area contributed by atoms with Crippen LogP contribution in [0.15, 0.2) is 36.7 Å². The van der Waals surface area contributed by atoms with Crippen LogP contribution >= 0.6 is 0 Å². The Morgan fingerprint density at radius 1 is 0.952 bits per heavy atom. The monoisotopic (exact) mass is 288 g/mol. The lowest BCUT2D eigenvalue weighted by Crippen LogP contribution is -2.14. The first-order valence-electron chi connectivity index (χ1n) is 8.64. The molecule has 1 aromatic rings. The number of aryl methyl sites for hydroxylation is 2. The van der Waals surface area contributed by atoms with Crippen molar-refractivity contribution in [1.82, 2.24) is 0 Å². The van der Waals surface area contributed by atoms with Gasteiger partial charge in [0.1, 0.15) is 0 Å². The van der Waals surface area contributed by atoms with Crippen molar-refractivity contribution >= 4 is 0 Å². The Labute approximate surface area is 129 Å². The maximum Gasteiger partial charge on any atom is 0.0827 e. The Kier molecular flexibility index (Phi) is 6.99. The average molecular weight is 288 g/mol. The van der Waals surface area contributed by atoms with Gasteiger partial charge in [-0.05, 0) is 48.6 Å². The molecule has 2 rings (SSSR count). The second kappa shape index (κ2) is 9.02. The van der Waals surface area contributed by atoms with E-state index in [0.717, 1.165) is 24.7 Å². The summed E-state index contributed by atoms with van der Waals surface area (Å²) in [5.41, 5.74) is 2.76. The Bertz CT molecular complexity index is 410. The van der Waals surface area contributed by atoms with Crippen LogP contribution in [-0.4, -0.2) is 0 Å². The lowest BCUT2D eigenvalue weighted by Gasteiger charge is -2.27. The van der Waals surface area contributed by atoms with Crippen molar-refractivity contribution in [1.29, 1.82) is 0 Å². The van der Waals surface area contributed by atoms with E-state index in [0.29, 0.717) is 6.33 Å². The molecule has 1 aliphatic rings. The zero-order valence-corrected chi connectivity index (χ0v) is 13.4. The predicted molar refractivity (Wildman–Crippen MR) is 89.1 cm³/mol. The molecule has 1 aromatic carbocycles. The molecule has 0 unspecified atom stereocenters. The third-order valence-corrected chi connectivity index (χ3v) is 5.10. The Morgan fingerprint density at radius 2 is 1.52 bits per heavy atom. The molecule has 1 heteroatoms. The fraction of sp³-hybridized carbons (Fsp3) is 0.600. The maximum absolute atomic E-state index is 11.9. The molecule has 1 fully saturated rings. The minimum atomic E-state index is 0.641. The van der Waals surface area contributed by atoms with Gasteiger partial charge < -0.3 is 0 Å². The summed E-state index contributed by atoms with van der Waals surface area (Å²) in [6.07, 6.45) is 13.6. The van der Waals surface area contributed by atoms with Gasteiger partial charge >= 0.3 is 0 Å². The number of allylic oxidation sites excluding steroid dienone is 1. The van der Waals surface area contributed by atoms with Crippen molar-refractivity contribution in [3.63, 3.8) is 0 Å². The first kappa shape index (κ1) is 16.3. The van der Waals surface area contributed by atoms with Crippen LogP contribution in [0.4, 0.5) is 4.39 Å². The average Bonchev–Trinajstić information content (AvgIpc) is 2.55. The second-order valence-corrected chi connectivity index (χ2v) is 6.55. The molecule has 0 atom stereocenters. The van der Waals surface area contributed by atoms with Crippen molar-refractivity contribution < 1.29 is 4.39 Å². The van der Waals surface area contributed by atoms with Gasteiger partial charge in [0.25, 0.3) is 0 Å². The molecular formula is C20H29F. The molecule has 0 N–H and O–H groups in total. The van der Waals surface area contributed by atoms with Crippen LogP contribution < -0.4 is 0 Å². The fourth-order valence-corrected chi connectivity index (χ4v) is 3.48. The van der Waals surface area contributed by atoms with Crippen LogP contribution in [0.1, 0.15) is 63.0 Å². The lowest BCUT2D eigenvalue weighted by atomic mass is 9.78. The van der Waals surface area contributed by atoms with E-state index in [1.807, 2.05) is 0 Å². The van der Waals surface area contributed by atoms with Crippen LogP contribution in [-0.2, 0) is 12.8 Å². The Morgan fingerprint density at radius 3 is 2.10 bits per heavy atom. The van der Waals surface area contributed by atoms with Crippen LogP contribution in [0.2, 0.25) is 0 Å². The maximum atomic E-state index is 11.9. The molecule has 0 bridgehead atoms. The number of rotatable bonds is 7. The number of hydrogen-bond donors (Lipinski definition) is 0. The molecule has 0 saturated heterocycles. The SMILES string of the molecule is CCC1CCC(CCc2ccc(CC/C=C/F)cc2)CC1. The quantitative estimate of drug-likeness (QED) is 0.556. The Hall–Kier alpha value is -1.11. The molecule has 0 heterocycles. The van der Waals surface area contributed by atoms with Crippen LogP contribution in [0.5, 0.6) is 0 Å². The van der Waals surface area contributed by atoms with Gasteiger partial charge in [0, 0.05) is 0 Å². The van der Waals surface area contributed by atoms with Crippen molar-refractivity contribution in [3.05, 3.63) is 47.8 Å². The Balaban J connectivity index is 1.71. The zero-order valence-electron chi connectivity index (χ0n) is 13.4. The highest BCUT2D eigenvalue weighted by atomic mass is 19.1. The second-order valence-electron chi connectivity index (χ2n) is 6.55. The molecule has 0 aromatic heterocycles. The lowest BCUT2D eigenvalue weighted by molar-refractivity contribution is 0.259. The van der Waals surface area contributed by atoms with Gasteiger partial charge in [0.05, 0.1) is 6.33 Å². The summed E-state index contributed by atoms with van der Waals surface area (Å²) in [5, 5.41) is 0. The molecule has 21 heavy (non-hydrogen) atoms. The van der Waals surface area contributed by atoms with Gasteiger partial charge in [-0.2, -0.15) is 0 Å². The summed E-state index contributed by atoms with van der Waals surface area (Å²) < 4.78 is 11.9. The van der Waals surface area contributed by atoms with E-state index in [1.165, 1.54) is 56.1 Å². The highest BCUT2D eigenvalue weighted by Gasteiger charge is 2.19. The zero-order chi connectivity index (χ0) is 14.9. The molecule has 0 radical (unpaired) electrons.